The van der Waals surface area contributed by atoms with Crippen molar-refractivity contribution in [1.82, 2.24) is 0 Å². The fourth-order valence-electron chi connectivity index (χ4n) is 3.26. The van der Waals surface area contributed by atoms with Crippen molar-refractivity contribution in [3.63, 3.8) is 0 Å². The molecule has 0 aromatic heterocycles. The van der Waals surface area contributed by atoms with Gasteiger partial charge in [0, 0.05) is 6.21 Å². The molecule has 1 heteroatoms. The second-order valence-corrected chi connectivity index (χ2v) is 7.17. The molecule has 3 rings (SSSR count). The van der Waals surface area contributed by atoms with Crippen molar-refractivity contribution in [1.29, 1.82) is 0 Å². The van der Waals surface area contributed by atoms with E-state index in [0.29, 0.717) is 0 Å². The van der Waals surface area contributed by atoms with Gasteiger partial charge in [0.25, 0.3) is 0 Å². The number of benzene rings is 3. The number of hydrogen-bond donors (Lipinski definition) is 0. The van der Waals surface area contributed by atoms with Crippen molar-refractivity contribution in [2.75, 3.05) is 0 Å². The second-order valence-electron chi connectivity index (χ2n) is 7.17. The Labute approximate surface area is 169 Å². The van der Waals surface area contributed by atoms with Gasteiger partial charge in [-0.3, -0.25) is 4.99 Å². The molecule has 1 nitrogen and oxygen atoms in total. The molecular weight excluding hydrogens is 338 g/mol. The third kappa shape index (κ3) is 5.79. The Kier molecular flexibility index (Phi) is 7.37. The first-order valence-corrected chi connectivity index (χ1v) is 10.2. The van der Waals surface area contributed by atoms with Crippen molar-refractivity contribution in [3.8, 4) is 11.1 Å². The Bertz CT molecular complexity index is 885. The summed E-state index contributed by atoms with van der Waals surface area (Å²) in [6, 6.07) is 26.0. The largest absolute Gasteiger partial charge is 0.256 e. The molecule has 0 saturated carbocycles. The molecule has 0 aliphatic carbocycles. The minimum absolute atomic E-state index is 0.974. The summed E-state index contributed by atoms with van der Waals surface area (Å²) in [5.74, 6) is 0. The van der Waals surface area contributed by atoms with Crippen LogP contribution in [0.15, 0.2) is 90.4 Å². The van der Waals surface area contributed by atoms with Crippen LogP contribution in [-0.4, -0.2) is 6.21 Å². The molecule has 28 heavy (non-hydrogen) atoms. The average Bonchev–Trinajstić information content (AvgIpc) is 2.75. The van der Waals surface area contributed by atoms with Crippen LogP contribution in [0.4, 0.5) is 5.69 Å². The number of aryl methyl sites for hydroxylation is 2. The minimum atomic E-state index is 0.974. The lowest BCUT2D eigenvalue weighted by atomic mass is 10.0. The zero-order valence-electron chi connectivity index (χ0n) is 16.8. The molecule has 0 saturated heterocycles. The van der Waals surface area contributed by atoms with Crippen LogP contribution >= 0.6 is 0 Å². The first-order valence-electron chi connectivity index (χ1n) is 10.2. The molecule has 0 heterocycles. The number of aliphatic imine (C=N–C) groups is 1. The maximum Gasteiger partial charge on any atom is 0.0630 e. The van der Waals surface area contributed by atoms with E-state index in [-0.39, 0.29) is 0 Å². The van der Waals surface area contributed by atoms with Crippen molar-refractivity contribution >= 4 is 11.9 Å². The fraction of sp³-hybridized carbons (Fsp3) is 0.222. The van der Waals surface area contributed by atoms with Gasteiger partial charge >= 0.3 is 0 Å². The van der Waals surface area contributed by atoms with E-state index in [0.717, 1.165) is 36.9 Å². The van der Waals surface area contributed by atoms with Gasteiger partial charge in [-0.2, -0.15) is 0 Å². The van der Waals surface area contributed by atoms with E-state index in [1.54, 1.807) is 0 Å². The summed E-state index contributed by atoms with van der Waals surface area (Å²) in [4.78, 5) is 4.62. The van der Waals surface area contributed by atoms with Crippen molar-refractivity contribution in [2.24, 2.45) is 4.99 Å². The first-order chi connectivity index (χ1) is 13.8. The molecule has 3 aromatic rings. The minimum Gasteiger partial charge on any atom is -0.256 e. The van der Waals surface area contributed by atoms with Crippen molar-refractivity contribution in [3.05, 3.63) is 102 Å². The van der Waals surface area contributed by atoms with E-state index >= 15 is 0 Å². The van der Waals surface area contributed by atoms with E-state index < -0.39 is 0 Å². The Morgan fingerprint density at radius 2 is 1.32 bits per heavy atom. The molecule has 0 spiro atoms. The van der Waals surface area contributed by atoms with Gasteiger partial charge in [-0.15, -0.1) is 6.58 Å². The number of hydrogen-bond acceptors (Lipinski definition) is 1. The van der Waals surface area contributed by atoms with Crippen LogP contribution < -0.4 is 0 Å². The van der Waals surface area contributed by atoms with Crippen LogP contribution in [0.25, 0.3) is 11.1 Å². The van der Waals surface area contributed by atoms with Gasteiger partial charge in [0.2, 0.25) is 0 Å². The highest BCUT2D eigenvalue weighted by Crippen LogP contribution is 2.23. The molecule has 0 N–H and O–H groups in total. The molecule has 0 bridgehead atoms. The normalized spacial score (nSPS) is 11.0. The quantitative estimate of drug-likeness (QED) is 0.210. The molecule has 0 amide bonds. The maximum atomic E-state index is 4.62. The molecular formula is C27H29N. The number of allylic oxidation sites excluding steroid dienone is 1. The lowest BCUT2D eigenvalue weighted by molar-refractivity contribution is 0.844. The highest BCUT2D eigenvalue weighted by molar-refractivity contribution is 5.82. The van der Waals surface area contributed by atoms with Crippen molar-refractivity contribution < 1.29 is 0 Å². The summed E-state index contributed by atoms with van der Waals surface area (Å²) in [5, 5.41) is 0. The van der Waals surface area contributed by atoms with E-state index in [4.69, 9.17) is 0 Å². The predicted molar refractivity (Wildman–Crippen MR) is 123 cm³/mol. The van der Waals surface area contributed by atoms with Gasteiger partial charge in [0.05, 0.1) is 5.69 Å². The third-order valence-corrected chi connectivity index (χ3v) is 4.91. The van der Waals surface area contributed by atoms with Crippen LogP contribution in [0.3, 0.4) is 0 Å². The fourth-order valence-corrected chi connectivity index (χ4v) is 3.26. The number of unbranched alkanes of at least 4 members (excludes halogenated alkanes) is 1. The van der Waals surface area contributed by atoms with E-state index in [9.17, 15) is 0 Å². The molecule has 0 unspecified atom stereocenters. The highest BCUT2D eigenvalue weighted by Gasteiger charge is 1.99. The SMILES string of the molecule is C=CCCCc1ccc(C=Nc2ccc(-c3ccc(CCC)cc3)cc2)cc1. The Morgan fingerprint density at radius 1 is 0.750 bits per heavy atom. The molecule has 0 aliphatic heterocycles. The Hall–Kier alpha value is -2.93. The van der Waals surface area contributed by atoms with E-state index in [2.05, 4.69) is 91.3 Å². The standard InChI is InChI=1S/C27H29N/c1-3-5-6-8-23-9-11-24(12-10-23)21-28-27-19-17-26(18-20-27)25-15-13-22(7-4-2)14-16-25/h3,9-21H,1,4-8H2,2H3. The van der Waals surface area contributed by atoms with Crippen molar-refractivity contribution in [2.45, 2.75) is 39.0 Å². The molecule has 3 aromatic carbocycles. The topological polar surface area (TPSA) is 12.4 Å². The van der Waals surface area contributed by atoms with Crippen LogP contribution in [-0.2, 0) is 12.8 Å². The molecule has 0 atom stereocenters. The zero-order valence-corrected chi connectivity index (χ0v) is 16.8. The third-order valence-electron chi connectivity index (χ3n) is 4.91. The molecule has 0 aliphatic rings. The number of nitrogens with zero attached hydrogens (tertiary/aromatic N) is 1. The molecule has 0 fully saturated rings. The molecule has 142 valence electrons. The summed E-state index contributed by atoms with van der Waals surface area (Å²) in [6.07, 6.45) is 9.57. The van der Waals surface area contributed by atoms with Gasteiger partial charge in [-0.25, -0.2) is 0 Å². The van der Waals surface area contributed by atoms with Crippen LogP contribution in [0, 0.1) is 0 Å². The smallest absolute Gasteiger partial charge is 0.0630 e. The Balaban J connectivity index is 1.61. The second kappa shape index (κ2) is 10.4. The maximum absolute atomic E-state index is 4.62. The molecule has 0 radical (unpaired) electrons. The van der Waals surface area contributed by atoms with Gasteiger partial charge in [0.1, 0.15) is 0 Å². The predicted octanol–water partition coefficient (Wildman–Crippen LogP) is 7.57. The monoisotopic (exact) mass is 367 g/mol. The summed E-state index contributed by atoms with van der Waals surface area (Å²) in [6.45, 7) is 5.99. The summed E-state index contributed by atoms with van der Waals surface area (Å²) >= 11 is 0. The van der Waals surface area contributed by atoms with Gasteiger partial charge in [-0.05, 0) is 65.6 Å². The zero-order chi connectivity index (χ0) is 19.6. The van der Waals surface area contributed by atoms with Gasteiger partial charge in [0.15, 0.2) is 0 Å². The first kappa shape index (κ1) is 19.8. The van der Waals surface area contributed by atoms with Gasteiger partial charge < -0.3 is 0 Å². The van der Waals surface area contributed by atoms with Gasteiger partial charge in [-0.1, -0.05) is 80.1 Å². The Morgan fingerprint density at radius 3 is 1.93 bits per heavy atom. The summed E-state index contributed by atoms with van der Waals surface area (Å²) in [7, 11) is 0. The highest BCUT2D eigenvalue weighted by atomic mass is 14.7. The lowest BCUT2D eigenvalue weighted by Gasteiger charge is -2.04. The summed E-state index contributed by atoms with van der Waals surface area (Å²) in [5.41, 5.74) is 7.35. The summed E-state index contributed by atoms with van der Waals surface area (Å²) < 4.78 is 0. The van der Waals surface area contributed by atoms with Crippen LogP contribution in [0.2, 0.25) is 0 Å². The van der Waals surface area contributed by atoms with Crippen LogP contribution in [0.5, 0.6) is 0 Å². The van der Waals surface area contributed by atoms with E-state index in [1.165, 1.54) is 28.7 Å². The number of rotatable bonds is 9. The van der Waals surface area contributed by atoms with Crippen LogP contribution in [0.1, 0.15) is 42.9 Å². The average molecular weight is 368 g/mol. The van der Waals surface area contributed by atoms with E-state index in [1.807, 2.05) is 12.3 Å². The lowest BCUT2D eigenvalue weighted by Crippen LogP contribution is -1.86.